The van der Waals surface area contributed by atoms with Gasteiger partial charge in [0.1, 0.15) is 5.70 Å². The Hall–Kier alpha value is -2.07. The van der Waals surface area contributed by atoms with Crippen molar-refractivity contribution >= 4 is 35.5 Å². The Balaban J connectivity index is 1.46. The van der Waals surface area contributed by atoms with Crippen molar-refractivity contribution in [2.45, 2.75) is 76.7 Å². The van der Waals surface area contributed by atoms with Gasteiger partial charge in [-0.2, -0.15) is 0 Å². The monoisotopic (exact) mass is 480 g/mol. The molecule has 4 aliphatic rings. The summed E-state index contributed by atoms with van der Waals surface area (Å²) in [6.45, 7) is 5.33. The van der Waals surface area contributed by atoms with Crippen LogP contribution in [0.5, 0.6) is 0 Å². The van der Waals surface area contributed by atoms with Crippen molar-refractivity contribution in [3.05, 3.63) is 10.6 Å². The highest BCUT2D eigenvalue weighted by Crippen LogP contribution is 2.52. The Bertz CT molecular complexity index is 880. The fourth-order valence-corrected chi connectivity index (χ4v) is 6.83. The smallest absolute Gasteiger partial charge is 0.358 e. The summed E-state index contributed by atoms with van der Waals surface area (Å²) in [5, 5.41) is 12.8. The Morgan fingerprint density at radius 2 is 1.94 bits per heavy atom. The van der Waals surface area contributed by atoms with Gasteiger partial charge in [-0.05, 0) is 26.7 Å². The summed E-state index contributed by atoms with van der Waals surface area (Å²) in [5.74, 6) is -2.25. The normalized spacial score (nSPS) is 31.6. The number of aliphatic hydroxyl groups is 1. The van der Waals surface area contributed by atoms with E-state index < -0.39 is 30.2 Å². The molecule has 2 N–H and O–H groups in total. The van der Waals surface area contributed by atoms with Crippen molar-refractivity contribution in [2.75, 3.05) is 13.3 Å². The number of fused-ring (bicyclic) bond motifs is 1. The van der Waals surface area contributed by atoms with Crippen LogP contribution in [0.2, 0.25) is 0 Å². The van der Waals surface area contributed by atoms with E-state index in [0.717, 1.165) is 32.1 Å². The van der Waals surface area contributed by atoms with Gasteiger partial charge < -0.3 is 24.8 Å². The third-order valence-electron chi connectivity index (χ3n) is 7.37. The van der Waals surface area contributed by atoms with Gasteiger partial charge in [0.05, 0.1) is 23.5 Å². The lowest BCUT2D eigenvalue weighted by Crippen LogP contribution is -2.63. The zero-order chi connectivity index (χ0) is 23.9. The molecule has 182 valence electrons. The minimum atomic E-state index is -0.838. The maximum Gasteiger partial charge on any atom is 0.358 e. The van der Waals surface area contributed by atoms with Crippen LogP contribution in [0.15, 0.2) is 10.6 Å². The number of hydrogen-bond donors (Lipinski definition) is 2. The first-order valence-electron chi connectivity index (χ1n) is 11.7. The van der Waals surface area contributed by atoms with Gasteiger partial charge in [-0.15, -0.1) is 11.8 Å². The van der Waals surface area contributed by atoms with Gasteiger partial charge in [-0.25, -0.2) is 4.79 Å². The first-order chi connectivity index (χ1) is 15.6. The minimum Gasteiger partial charge on any atom is -0.427 e. The van der Waals surface area contributed by atoms with E-state index in [4.69, 9.17) is 9.47 Å². The van der Waals surface area contributed by atoms with Crippen LogP contribution in [-0.4, -0.2) is 64.5 Å². The number of nitrogens with one attached hydrogen (secondary N) is 1. The number of nitrogens with zero attached hydrogens (tertiary/aromatic N) is 1. The molecule has 0 bridgehead atoms. The van der Waals surface area contributed by atoms with E-state index in [1.54, 1.807) is 6.92 Å². The van der Waals surface area contributed by atoms with Crippen molar-refractivity contribution in [3.8, 4) is 0 Å². The largest absolute Gasteiger partial charge is 0.427 e. The van der Waals surface area contributed by atoms with E-state index in [2.05, 4.69) is 5.32 Å². The highest BCUT2D eigenvalue weighted by atomic mass is 32.2. The third-order valence-corrected chi connectivity index (χ3v) is 8.85. The van der Waals surface area contributed by atoms with Crippen LogP contribution in [0.3, 0.4) is 0 Å². The van der Waals surface area contributed by atoms with Crippen LogP contribution in [0, 0.1) is 17.3 Å². The number of esters is 2. The van der Waals surface area contributed by atoms with Crippen LogP contribution in [-0.2, 0) is 28.7 Å². The average Bonchev–Trinajstić information content (AvgIpc) is 3.27. The first kappa shape index (κ1) is 24.1. The lowest BCUT2D eigenvalue weighted by atomic mass is 9.76. The number of carbonyl (C=O) groups excluding carboxylic acids is 4. The van der Waals surface area contributed by atoms with Crippen LogP contribution >= 0.6 is 11.8 Å². The Kier molecular flexibility index (Phi) is 6.77. The zero-order valence-electron chi connectivity index (χ0n) is 19.3. The summed E-state index contributed by atoms with van der Waals surface area (Å²) in [4.78, 5) is 52.1. The molecule has 1 aliphatic carbocycles. The molecule has 1 saturated carbocycles. The summed E-state index contributed by atoms with van der Waals surface area (Å²) in [7, 11) is 0. The van der Waals surface area contributed by atoms with Gasteiger partial charge >= 0.3 is 11.9 Å². The predicted molar refractivity (Wildman–Crippen MR) is 119 cm³/mol. The van der Waals surface area contributed by atoms with Gasteiger partial charge in [0.2, 0.25) is 18.6 Å². The van der Waals surface area contributed by atoms with E-state index in [-0.39, 0.29) is 40.7 Å². The lowest BCUT2D eigenvalue weighted by molar-refractivity contribution is -0.177. The van der Waals surface area contributed by atoms with Gasteiger partial charge in [0, 0.05) is 29.0 Å². The highest BCUT2D eigenvalue weighted by Gasteiger charge is 2.60. The quantitative estimate of drug-likeness (QED) is 0.321. The number of aliphatic hydroxyl groups excluding tert-OH is 1. The molecule has 3 fully saturated rings. The molecule has 5 atom stereocenters. The molecule has 0 radical (unpaired) electrons. The summed E-state index contributed by atoms with van der Waals surface area (Å²) in [6.07, 6.45) is 4.04. The predicted octanol–water partition coefficient (Wildman–Crippen LogP) is 1.69. The van der Waals surface area contributed by atoms with Crippen molar-refractivity contribution in [3.63, 3.8) is 0 Å². The van der Waals surface area contributed by atoms with Crippen LogP contribution in [0.1, 0.15) is 59.3 Å². The SMILES string of the molecule is C[C@@H](O)[C@H]1C(=O)N2C(C(=O)OCOC(=O)C3(C)CCCCC3)=C(S[C@@H]3CNC(=O)C3)[C@H](C)[C@H]12. The second-order valence-corrected chi connectivity index (χ2v) is 11.2. The standard InChI is InChI=1S/C23H32N2O7S/c1-12-17-16(13(2)26)20(28)25(17)18(19(12)33-14-9-15(27)24-10-14)21(29)31-11-32-22(30)23(3)7-5-4-6-8-23/h12-14,16-17,26H,4-11H2,1-3H3,(H,24,27)/t12-,13-,14+,16-,17-/m1/s1. The summed E-state index contributed by atoms with van der Waals surface area (Å²) in [5.41, 5.74) is -0.420. The van der Waals surface area contributed by atoms with E-state index in [1.165, 1.54) is 16.7 Å². The molecule has 0 aromatic rings. The first-order valence-corrected chi connectivity index (χ1v) is 12.5. The molecule has 0 aromatic carbocycles. The summed E-state index contributed by atoms with van der Waals surface area (Å²) >= 11 is 1.40. The Labute approximate surface area is 197 Å². The van der Waals surface area contributed by atoms with Crippen LogP contribution < -0.4 is 5.32 Å². The fraction of sp³-hybridized carbons (Fsp3) is 0.739. The van der Waals surface area contributed by atoms with Crippen molar-refractivity contribution < 1.29 is 33.8 Å². The molecule has 4 rings (SSSR count). The molecule has 3 heterocycles. The molecule has 0 spiro atoms. The number of amides is 2. The zero-order valence-corrected chi connectivity index (χ0v) is 20.1. The number of thioether (sulfide) groups is 1. The highest BCUT2D eigenvalue weighted by molar-refractivity contribution is 8.03. The average molecular weight is 481 g/mol. The van der Waals surface area contributed by atoms with Crippen molar-refractivity contribution in [2.24, 2.45) is 17.3 Å². The number of carbonyl (C=O) groups is 4. The molecule has 33 heavy (non-hydrogen) atoms. The Morgan fingerprint density at radius 1 is 1.24 bits per heavy atom. The maximum atomic E-state index is 13.1. The van der Waals surface area contributed by atoms with Crippen molar-refractivity contribution in [1.82, 2.24) is 10.2 Å². The molecule has 9 nitrogen and oxygen atoms in total. The second-order valence-electron chi connectivity index (χ2n) is 9.82. The molecule has 0 unspecified atom stereocenters. The number of ether oxygens (including phenoxy) is 2. The third kappa shape index (κ3) is 4.39. The molecule has 10 heteroatoms. The van der Waals surface area contributed by atoms with Crippen molar-refractivity contribution in [1.29, 1.82) is 0 Å². The molecule has 2 saturated heterocycles. The van der Waals surface area contributed by atoms with Gasteiger partial charge in [0.15, 0.2) is 0 Å². The molecule has 3 aliphatic heterocycles. The van der Waals surface area contributed by atoms with Crippen LogP contribution in [0.4, 0.5) is 0 Å². The molecule has 2 amide bonds. The lowest BCUT2D eigenvalue weighted by Gasteiger charge is -2.46. The van der Waals surface area contributed by atoms with Crippen LogP contribution in [0.25, 0.3) is 0 Å². The number of hydrogen-bond acceptors (Lipinski definition) is 8. The summed E-state index contributed by atoms with van der Waals surface area (Å²) in [6, 6.07) is -0.337. The number of β-lactam (4-membered cyclic amide) rings is 1. The molecule has 0 aromatic heterocycles. The molecular formula is C23H32N2O7S. The molecular weight excluding hydrogens is 448 g/mol. The second kappa shape index (κ2) is 9.29. The van der Waals surface area contributed by atoms with E-state index in [9.17, 15) is 24.3 Å². The topological polar surface area (TPSA) is 122 Å². The van der Waals surface area contributed by atoms with Gasteiger partial charge in [-0.1, -0.05) is 26.2 Å². The maximum absolute atomic E-state index is 13.1. The van der Waals surface area contributed by atoms with Gasteiger partial charge in [0.25, 0.3) is 0 Å². The number of rotatable bonds is 7. The fourth-order valence-electron chi connectivity index (χ4n) is 5.43. The van der Waals surface area contributed by atoms with E-state index >= 15 is 0 Å². The van der Waals surface area contributed by atoms with E-state index in [1.807, 2.05) is 13.8 Å². The van der Waals surface area contributed by atoms with Gasteiger partial charge in [-0.3, -0.25) is 14.4 Å². The Morgan fingerprint density at radius 3 is 2.55 bits per heavy atom. The van der Waals surface area contributed by atoms with E-state index in [0.29, 0.717) is 17.9 Å². The summed E-state index contributed by atoms with van der Waals surface area (Å²) < 4.78 is 10.6. The minimum absolute atomic E-state index is 0.0489.